The Morgan fingerprint density at radius 3 is 2.88 bits per heavy atom. The molecule has 0 atom stereocenters. The number of rotatable bonds is 7. The normalized spacial score (nSPS) is 10.8. The second kappa shape index (κ2) is 8.15. The van der Waals surface area contributed by atoms with Crippen LogP contribution in [0.3, 0.4) is 0 Å². The van der Waals surface area contributed by atoms with Gasteiger partial charge in [0.05, 0.1) is 24.9 Å². The minimum Gasteiger partial charge on any atom is -0.493 e. The number of hydrogen-bond donors (Lipinski definition) is 1. The van der Waals surface area contributed by atoms with Crippen LogP contribution >= 0.6 is 12.2 Å². The summed E-state index contributed by atoms with van der Waals surface area (Å²) in [6.45, 7) is 2.20. The van der Waals surface area contributed by atoms with Crippen molar-refractivity contribution in [3.05, 3.63) is 49.1 Å². The Balaban J connectivity index is 2.50. The first kappa shape index (κ1) is 18.3. The molecule has 1 aromatic carbocycles. The van der Waals surface area contributed by atoms with E-state index < -0.39 is 10.5 Å². The lowest BCUT2D eigenvalue weighted by Gasteiger charge is -2.11. The molecule has 0 fully saturated rings. The fourth-order valence-corrected chi connectivity index (χ4v) is 2.09. The van der Waals surface area contributed by atoms with Crippen molar-refractivity contribution in [3.63, 3.8) is 0 Å². The number of ether oxygens (including phenoxy) is 2. The molecule has 0 saturated heterocycles. The topological polar surface area (TPSA) is 125 Å². The van der Waals surface area contributed by atoms with Crippen LogP contribution in [-0.4, -0.2) is 39.7 Å². The number of benzene rings is 1. The van der Waals surface area contributed by atoms with Gasteiger partial charge < -0.3 is 9.47 Å². The molecule has 0 unspecified atom stereocenters. The van der Waals surface area contributed by atoms with Crippen LogP contribution in [0, 0.1) is 14.9 Å². The van der Waals surface area contributed by atoms with Gasteiger partial charge in [-0.2, -0.15) is 14.9 Å². The monoisotopic (exact) mass is 365 g/mol. The molecule has 0 radical (unpaired) electrons. The van der Waals surface area contributed by atoms with Crippen molar-refractivity contribution in [2.45, 2.75) is 13.3 Å². The van der Waals surface area contributed by atoms with Crippen molar-refractivity contribution in [1.82, 2.24) is 14.9 Å². The molecule has 1 heterocycles. The summed E-state index contributed by atoms with van der Waals surface area (Å²) in [5.74, 6) is 0.237. The second-order valence-electron chi connectivity index (χ2n) is 4.75. The molecule has 11 heteroatoms. The van der Waals surface area contributed by atoms with E-state index in [1.165, 1.54) is 25.5 Å². The van der Waals surface area contributed by atoms with Crippen LogP contribution in [0.2, 0.25) is 0 Å². The van der Waals surface area contributed by atoms with Crippen LogP contribution in [0.15, 0.2) is 28.2 Å². The van der Waals surface area contributed by atoms with E-state index >= 15 is 0 Å². The fourth-order valence-electron chi connectivity index (χ4n) is 1.90. The van der Waals surface area contributed by atoms with Gasteiger partial charge in [-0.3, -0.25) is 20.0 Å². The van der Waals surface area contributed by atoms with Crippen molar-refractivity contribution in [3.8, 4) is 11.5 Å². The van der Waals surface area contributed by atoms with E-state index in [-0.39, 0.29) is 22.0 Å². The zero-order chi connectivity index (χ0) is 18.4. The van der Waals surface area contributed by atoms with E-state index in [0.717, 1.165) is 10.9 Å². The van der Waals surface area contributed by atoms with E-state index in [1.54, 1.807) is 0 Å². The number of nitrogens with zero attached hydrogens (tertiary/aromatic N) is 4. The average molecular weight is 365 g/mol. The molecular formula is C14H15N5O5S. The quantitative estimate of drug-likeness (QED) is 0.344. The molecule has 2 aromatic rings. The van der Waals surface area contributed by atoms with Gasteiger partial charge in [-0.15, -0.1) is 0 Å². The Morgan fingerprint density at radius 2 is 2.28 bits per heavy atom. The van der Waals surface area contributed by atoms with Gasteiger partial charge in [0, 0.05) is 11.6 Å². The molecule has 1 N–H and O–H groups in total. The highest BCUT2D eigenvalue weighted by Crippen LogP contribution is 2.38. The lowest BCUT2D eigenvalue weighted by atomic mass is 10.2. The molecule has 132 valence electrons. The number of nitro benzene ring substituents is 1. The minimum absolute atomic E-state index is 0.00638. The first-order chi connectivity index (χ1) is 12.0. The third-order valence-electron chi connectivity index (χ3n) is 2.98. The molecule has 0 bridgehead atoms. The minimum atomic E-state index is -0.574. The fraction of sp³-hybridized carbons (Fsp3) is 0.286. The summed E-state index contributed by atoms with van der Waals surface area (Å²) in [7, 11) is 1.38. The molecule has 0 aliphatic rings. The highest BCUT2D eigenvalue weighted by Gasteiger charge is 2.21. The van der Waals surface area contributed by atoms with Gasteiger partial charge in [0.1, 0.15) is 6.20 Å². The predicted molar refractivity (Wildman–Crippen MR) is 92.1 cm³/mol. The van der Waals surface area contributed by atoms with Crippen molar-refractivity contribution in [1.29, 1.82) is 0 Å². The average Bonchev–Trinajstić information content (AvgIpc) is 2.59. The van der Waals surface area contributed by atoms with Gasteiger partial charge >= 0.3 is 5.69 Å². The van der Waals surface area contributed by atoms with Gasteiger partial charge in [0.25, 0.3) is 5.56 Å². The number of aromatic amines is 1. The Morgan fingerprint density at radius 1 is 1.52 bits per heavy atom. The van der Waals surface area contributed by atoms with Crippen molar-refractivity contribution in [2.24, 2.45) is 5.10 Å². The molecule has 0 spiro atoms. The number of nitrogens with one attached hydrogen (secondary N) is 1. The first-order valence-electron chi connectivity index (χ1n) is 7.18. The Labute approximate surface area is 146 Å². The number of methoxy groups -OCH3 is 1. The maximum atomic E-state index is 11.7. The van der Waals surface area contributed by atoms with Gasteiger partial charge in [0.2, 0.25) is 10.5 Å². The third kappa shape index (κ3) is 4.26. The number of H-pyrrole nitrogens is 1. The molecule has 0 aliphatic heterocycles. The van der Waals surface area contributed by atoms with E-state index in [1.807, 2.05) is 6.92 Å². The van der Waals surface area contributed by atoms with Crippen molar-refractivity contribution < 1.29 is 14.4 Å². The van der Waals surface area contributed by atoms with Crippen molar-refractivity contribution in [2.75, 3.05) is 13.7 Å². The van der Waals surface area contributed by atoms with E-state index in [0.29, 0.717) is 18.6 Å². The van der Waals surface area contributed by atoms with Crippen LogP contribution in [0.4, 0.5) is 5.69 Å². The van der Waals surface area contributed by atoms with E-state index in [4.69, 9.17) is 21.7 Å². The van der Waals surface area contributed by atoms with Crippen LogP contribution in [0.1, 0.15) is 18.9 Å². The molecule has 2 rings (SSSR count). The zero-order valence-electron chi connectivity index (χ0n) is 13.5. The Bertz CT molecular complexity index is 892. The summed E-state index contributed by atoms with van der Waals surface area (Å²) in [4.78, 5) is 22.4. The molecule has 0 aliphatic carbocycles. The van der Waals surface area contributed by atoms with E-state index in [9.17, 15) is 14.9 Å². The van der Waals surface area contributed by atoms with Gasteiger partial charge in [-0.1, -0.05) is 6.92 Å². The highest BCUT2D eigenvalue weighted by molar-refractivity contribution is 7.71. The molecule has 0 amide bonds. The smallest absolute Gasteiger partial charge is 0.315 e. The zero-order valence-corrected chi connectivity index (χ0v) is 14.3. The Kier molecular flexibility index (Phi) is 5.95. The summed E-state index contributed by atoms with van der Waals surface area (Å²) in [5, 5.41) is 21.2. The number of nitro groups is 1. The summed E-state index contributed by atoms with van der Waals surface area (Å²) in [5.41, 5.74) is -0.462. The third-order valence-corrected chi connectivity index (χ3v) is 3.25. The summed E-state index contributed by atoms with van der Waals surface area (Å²) < 4.78 is 11.5. The summed E-state index contributed by atoms with van der Waals surface area (Å²) in [6, 6.07) is 2.79. The number of hydrogen-bond acceptors (Lipinski definition) is 8. The van der Waals surface area contributed by atoms with Crippen molar-refractivity contribution >= 4 is 24.1 Å². The second-order valence-corrected chi connectivity index (χ2v) is 5.13. The van der Waals surface area contributed by atoms with E-state index in [2.05, 4.69) is 15.3 Å². The first-order valence-corrected chi connectivity index (χ1v) is 7.59. The largest absolute Gasteiger partial charge is 0.493 e. The predicted octanol–water partition coefficient (Wildman–Crippen LogP) is 1.89. The molecule has 0 saturated carbocycles. The lowest BCUT2D eigenvalue weighted by molar-refractivity contribution is -0.386. The molecule has 1 aromatic heterocycles. The van der Waals surface area contributed by atoms with Crippen LogP contribution in [0.25, 0.3) is 0 Å². The highest BCUT2D eigenvalue weighted by atomic mass is 32.1. The van der Waals surface area contributed by atoms with Crippen LogP contribution in [-0.2, 0) is 0 Å². The Hall–Kier alpha value is -3.08. The van der Waals surface area contributed by atoms with Gasteiger partial charge in [-0.05, 0) is 24.7 Å². The molecular weight excluding hydrogens is 350 g/mol. The SMILES string of the molecule is CCCOc1c(OC)cc(/C=N\n2c(=O)cn[nH]c2=S)cc1[N+](=O)[O-]. The van der Waals surface area contributed by atoms with Gasteiger partial charge in [0.15, 0.2) is 5.75 Å². The molecule has 25 heavy (non-hydrogen) atoms. The maximum Gasteiger partial charge on any atom is 0.315 e. The van der Waals surface area contributed by atoms with Gasteiger partial charge in [-0.25, -0.2) is 0 Å². The standard InChI is InChI=1S/C14H15N5O5S/c1-3-4-24-13-10(19(21)22)5-9(6-11(13)23-2)7-16-18-12(20)8-15-17-14(18)25/h5-8H,3-4H2,1-2H3,(H,17,25)/b16-7-. The molecule has 10 nitrogen and oxygen atoms in total. The number of aromatic nitrogens is 3. The van der Waals surface area contributed by atoms with Crippen LogP contribution < -0.4 is 15.0 Å². The maximum absolute atomic E-state index is 11.7. The summed E-state index contributed by atoms with van der Waals surface area (Å²) in [6.07, 6.45) is 2.95. The summed E-state index contributed by atoms with van der Waals surface area (Å²) >= 11 is 4.92. The lowest BCUT2D eigenvalue weighted by Crippen LogP contribution is -2.18. The van der Waals surface area contributed by atoms with Crippen LogP contribution in [0.5, 0.6) is 11.5 Å².